The molecule has 1 aromatic heterocycles. The standard InChI is InChI=1S/C12H12F3N3O/c1-16-5-6-18-7-17-9-4-2-3-8(12(13,14)15)10(9)11(18)19/h2-4,7,16H,5-6H2,1H3. The van der Waals surface area contributed by atoms with Gasteiger partial charge in [-0.25, -0.2) is 4.98 Å². The molecule has 19 heavy (non-hydrogen) atoms. The summed E-state index contributed by atoms with van der Waals surface area (Å²) in [6, 6.07) is 3.54. The predicted octanol–water partition coefficient (Wildman–Crippen LogP) is 1.63. The lowest BCUT2D eigenvalue weighted by molar-refractivity contribution is -0.136. The molecule has 102 valence electrons. The van der Waals surface area contributed by atoms with E-state index in [1.54, 1.807) is 7.05 Å². The summed E-state index contributed by atoms with van der Waals surface area (Å²) in [6.45, 7) is 0.742. The third kappa shape index (κ3) is 2.60. The molecule has 0 amide bonds. The van der Waals surface area contributed by atoms with E-state index >= 15 is 0 Å². The monoisotopic (exact) mass is 271 g/mol. The minimum atomic E-state index is -4.57. The molecule has 0 spiro atoms. The third-order valence-electron chi connectivity index (χ3n) is 2.76. The van der Waals surface area contributed by atoms with Gasteiger partial charge in [0.25, 0.3) is 5.56 Å². The average molecular weight is 271 g/mol. The summed E-state index contributed by atoms with van der Waals surface area (Å²) in [7, 11) is 1.70. The maximum Gasteiger partial charge on any atom is 0.417 e. The summed E-state index contributed by atoms with van der Waals surface area (Å²) in [4.78, 5) is 16.0. The molecule has 0 unspecified atom stereocenters. The third-order valence-corrected chi connectivity index (χ3v) is 2.76. The highest BCUT2D eigenvalue weighted by atomic mass is 19.4. The maximum atomic E-state index is 12.9. The van der Waals surface area contributed by atoms with Crippen molar-refractivity contribution < 1.29 is 13.2 Å². The summed E-state index contributed by atoms with van der Waals surface area (Å²) in [5, 5.41) is 2.45. The van der Waals surface area contributed by atoms with Gasteiger partial charge in [-0.1, -0.05) is 6.07 Å². The van der Waals surface area contributed by atoms with Crippen LogP contribution in [0.1, 0.15) is 5.56 Å². The molecule has 1 N–H and O–H groups in total. The zero-order valence-corrected chi connectivity index (χ0v) is 10.2. The summed E-state index contributed by atoms with van der Waals surface area (Å²) in [6.07, 6.45) is -3.30. The van der Waals surface area contributed by atoms with Gasteiger partial charge in [-0.15, -0.1) is 0 Å². The van der Waals surface area contributed by atoms with Gasteiger partial charge in [0.1, 0.15) is 0 Å². The molecule has 2 rings (SSSR count). The van der Waals surface area contributed by atoms with E-state index in [9.17, 15) is 18.0 Å². The van der Waals surface area contributed by atoms with Crippen molar-refractivity contribution in [2.24, 2.45) is 0 Å². The number of fused-ring (bicyclic) bond motifs is 1. The Hall–Kier alpha value is -1.89. The first-order chi connectivity index (χ1) is 8.95. The molecule has 0 saturated heterocycles. The SMILES string of the molecule is CNCCn1cnc2cccc(C(F)(F)F)c2c1=O. The first-order valence-corrected chi connectivity index (χ1v) is 5.65. The van der Waals surface area contributed by atoms with Crippen molar-refractivity contribution in [2.45, 2.75) is 12.7 Å². The van der Waals surface area contributed by atoms with Gasteiger partial charge >= 0.3 is 6.18 Å². The smallest absolute Gasteiger partial charge is 0.318 e. The lowest BCUT2D eigenvalue weighted by atomic mass is 10.1. The van der Waals surface area contributed by atoms with Crippen LogP contribution >= 0.6 is 0 Å². The number of likely N-dealkylation sites (N-methyl/N-ethyl adjacent to an activating group) is 1. The first kappa shape index (κ1) is 13.5. The second-order valence-corrected chi connectivity index (χ2v) is 4.04. The normalized spacial score (nSPS) is 12.0. The Morgan fingerprint density at radius 3 is 2.74 bits per heavy atom. The minimum absolute atomic E-state index is 0.0560. The predicted molar refractivity (Wildman–Crippen MR) is 64.9 cm³/mol. The Balaban J connectivity index is 2.69. The molecule has 4 nitrogen and oxygen atoms in total. The molecule has 0 aliphatic heterocycles. The largest absolute Gasteiger partial charge is 0.417 e. The van der Waals surface area contributed by atoms with Gasteiger partial charge in [-0.05, 0) is 19.2 Å². The lowest BCUT2D eigenvalue weighted by Gasteiger charge is -2.11. The molecule has 0 radical (unpaired) electrons. The van der Waals surface area contributed by atoms with Gasteiger partial charge in [-0.3, -0.25) is 9.36 Å². The highest BCUT2D eigenvalue weighted by Crippen LogP contribution is 2.32. The molecule has 1 heterocycles. The van der Waals surface area contributed by atoms with Gasteiger partial charge < -0.3 is 5.32 Å². The highest BCUT2D eigenvalue weighted by Gasteiger charge is 2.33. The van der Waals surface area contributed by atoms with Gasteiger partial charge in [0, 0.05) is 13.1 Å². The van der Waals surface area contributed by atoms with Crippen LogP contribution < -0.4 is 10.9 Å². The first-order valence-electron chi connectivity index (χ1n) is 5.65. The molecule has 2 aromatic rings. The van der Waals surface area contributed by atoms with E-state index in [1.807, 2.05) is 0 Å². The number of nitrogens with one attached hydrogen (secondary N) is 1. The molecule has 0 bridgehead atoms. The van der Waals surface area contributed by atoms with Crippen LogP contribution in [0.3, 0.4) is 0 Å². The second-order valence-electron chi connectivity index (χ2n) is 4.04. The summed E-state index contributed by atoms with van der Waals surface area (Å²) >= 11 is 0. The van der Waals surface area contributed by atoms with Crippen LogP contribution in [0.25, 0.3) is 10.9 Å². The van der Waals surface area contributed by atoms with E-state index in [1.165, 1.54) is 23.0 Å². The number of alkyl halides is 3. The van der Waals surface area contributed by atoms with E-state index in [2.05, 4.69) is 10.3 Å². The quantitative estimate of drug-likeness (QED) is 0.923. The molecule has 0 atom stereocenters. The topological polar surface area (TPSA) is 46.9 Å². The zero-order chi connectivity index (χ0) is 14.0. The Morgan fingerprint density at radius 1 is 1.37 bits per heavy atom. The van der Waals surface area contributed by atoms with Crippen LogP contribution in [0.5, 0.6) is 0 Å². The molecular weight excluding hydrogens is 259 g/mol. The van der Waals surface area contributed by atoms with Crippen molar-refractivity contribution in [1.29, 1.82) is 0 Å². The van der Waals surface area contributed by atoms with Crippen molar-refractivity contribution >= 4 is 10.9 Å². The zero-order valence-electron chi connectivity index (χ0n) is 10.2. The van der Waals surface area contributed by atoms with Gasteiger partial charge in [0.15, 0.2) is 0 Å². The van der Waals surface area contributed by atoms with E-state index in [0.717, 1.165) is 6.07 Å². The Bertz CT molecular complexity index is 649. The number of nitrogens with zero attached hydrogens (tertiary/aromatic N) is 2. The van der Waals surface area contributed by atoms with Crippen LogP contribution in [0, 0.1) is 0 Å². The summed E-state index contributed by atoms with van der Waals surface area (Å²) in [5.74, 6) is 0. The van der Waals surface area contributed by atoms with Crippen molar-refractivity contribution in [1.82, 2.24) is 14.9 Å². The number of rotatable bonds is 3. The molecule has 0 fully saturated rings. The van der Waals surface area contributed by atoms with E-state index in [4.69, 9.17) is 0 Å². The van der Waals surface area contributed by atoms with E-state index < -0.39 is 17.3 Å². The minimum Gasteiger partial charge on any atom is -0.318 e. The number of hydrogen-bond donors (Lipinski definition) is 1. The van der Waals surface area contributed by atoms with Crippen LogP contribution in [0.15, 0.2) is 29.3 Å². The maximum absolute atomic E-state index is 12.9. The fraction of sp³-hybridized carbons (Fsp3) is 0.333. The van der Waals surface area contributed by atoms with Crippen molar-refractivity contribution in [3.05, 3.63) is 40.4 Å². The fourth-order valence-electron chi connectivity index (χ4n) is 1.83. The van der Waals surface area contributed by atoms with Crippen LogP contribution in [0.2, 0.25) is 0 Å². The van der Waals surface area contributed by atoms with Crippen molar-refractivity contribution in [3.63, 3.8) is 0 Å². The molecular formula is C12H12F3N3O. The van der Waals surface area contributed by atoms with Gasteiger partial charge in [-0.2, -0.15) is 13.2 Å². The van der Waals surface area contributed by atoms with E-state index in [0.29, 0.717) is 6.54 Å². The van der Waals surface area contributed by atoms with Crippen molar-refractivity contribution in [2.75, 3.05) is 13.6 Å². The number of aromatic nitrogens is 2. The Labute approximate surface area is 106 Å². The number of hydrogen-bond acceptors (Lipinski definition) is 3. The van der Waals surface area contributed by atoms with Gasteiger partial charge in [0.2, 0.25) is 0 Å². The fourth-order valence-corrected chi connectivity index (χ4v) is 1.83. The molecule has 0 saturated carbocycles. The van der Waals surface area contributed by atoms with Crippen molar-refractivity contribution in [3.8, 4) is 0 Å². The molecule has 0 aliphatic carbocycles. The average Bonchev–Trinajstić information content (AvgIpc) is 2.36. The summed E-state index contributed by atoms with van der Waals surface area (Å²) < 4.78 is 39.9. The lowest BCUT2D eigenvalue weighted by Crippen LogP contribution is -2.27. The van der Waals surface area contributed by atoms with Crippen LogP contribution in [-0.2, 0) is 12.7 Å². The van der Waals surface area contributed by atoms with Crippen LogP contribution in [-0.4, -0.2) is 23.1 Å². The van der Waals surface area contributed by atoms with Crippen LogP contribution in [0.4, 0.5) is 13.2 Å². The Kier molecular flexibility index (Phi) is 3.57. The number of halogens is 3. The number of benzene rings is 1. The molecule has 0 aliphatic rings. The summed E-state index contributed by atoms with van der Waals surface area (Å²) in [5.41, 5.74) is -1.56. The molecule has 7 heteroatoms. The highest BCUT2D eigenvalue weighted by molar-refractivity contribution is 5.81. The Morgan fingerprint density at radius 2 is 2.11 bits per heavy atom. The van der Waals surface area contributed by atoms with E-state index in [-0.39, 0.29) is 17.4 Å². The van der Waals surface area contributed by atoms with Gasteiger partial charge in [0.05, 0.1) is 22.8 Å². The molecule has 1 aromatic carbocycles. The second kappa shape index (κ2) is 5.00.